The van der Waals surface area contributed by atoms with E-state index in [1.165, 1.54) is 23.5 Å². The van der Waals surface area contributed by atoms with Crippen LogP contribution in [0, 0.1) is 17.1 Å². The summed E-state index contributed by atoms with van der Waals surface area (Å²) in [6, 6.07) is 11.3. The highest BCUT2D eigenvalue weighted by atomic mass is 19.1. The molecule has 0 spiro atoms. The molecule has 2 aromatic carbocycles. The largest absolute Gasteiger partial charge is 0.340 e. The first kappa shape index (κ1) is 22.9. The summed E-state index contributed by atoms with van der Waals surface area (Å²) < 4.78 is 14.4. The summed E-state index contributed by atoms with van der Waals surface area (Å²) in [6.45, 7) is 1.86. The van der Waals surface area contributed by atoms with Crippen molar-refractivity contribution in [2.45, 2.75) is 51.1 Å². The number of fused-ring (bicyclic) bond motifs is 2. The van der Waals surface area contributed by atoms with Gasteiger partial charge in [-0.25, -0.2) is 9.37 Å². The number of anilines is 5. The second-order valence-electron chi connectivity index (χ2n) is 9.56. The van der Waals surface area contributed by atoms with E-state index in [0.29, 0.717) is 17.5 Å². The Hall–Kier alpha value is -4.52. The third kappa shape index (κ3) is 4.12. The topological polar surface area (TPSA) is 114 Å². The Morgan fingerprint density at radius 1 is 1.14 bits per heavy atom. The maximum Gasteiger partial charge on any atom is 0.254 e. The number of hydrogen-bond acceptors (Lipinski definition) is 7. The minimum absolute atomic E-state index is 0.139. The second-order valence-corrected chi connectivity index (χ2v) is 9.56. The van der Waals surface area contributed by atoms with Crippen molar-refractivity contribution >= 4 is 45.6 Å². The molecule has 1 aliphatic heterocycles. The molecule has 0 saturated heterocycles. The highest BCUT2D eigenvalue weighted by molar-refractivity contribution is 6.10. The molecule has 1 saturated carbocycles. The number of carbonyl (C=O) groups excluding carboxylic acids is 1. The Morgan fingerprint density at radius 2 is 1.97 bits per heavy atom. The molecule has 4 aromatic rings. The lowest BCUT2D eigenvalue weighted by atomic mass is 9.92. The van der Waals surface area contributed by atoms with Gasteiger partial charge in [0.2, 0.25) is 5.95 Å². The number of nitrogens with zero attached hydrogens (tertiary/aromatic N) is 6. The van der Waals surface area contributed by atoms with Crippen LogP contribution >= 0.6 is 0 Å². The van der Waals surface area contributed by atoms with E-state index in [-0.39, 0.29) is 23.2 Å². The highest BCUT2D eigenvalue weighted by Gasteiger charge is 2.41. The van der Waals surface area contributed by atoms with Crippen molar-refractivity contribution in [3.05, 3.63) is 60.2 Å². The van der Waals surface area contributed by atoms with Gasteiger partial charge in [0.1, 0.15) is 17.5 Å². The molecule has 2 N–H and O–H groups in total. The fourth-order valence-corrected chi connectivity index (χ4v) is 5.41. The predicted octanol–water partition coefficient (Wildman–Crippen LogP) is 5.31. The van der Waals surface area contributed by atoms with Crippen LogP contribution in [0.25, 0.3) is 10.9 Å². The summed E-state index contributed by atoms with van der Waals surface area (Å²) in [5, 5.41) is 20.6. The van der Waals surface area contributed by atoms with Gasteiger partial charge < -0.3 is 10.2 Å². The number of benzene rings is 2. The van der Waals surface area contributed by atoms with Crippen LogP contribution in [0.1, 0.15) is 44.6 Å². The molecule has 6 rings (SSSR count). The number of H-pyrrole nitrogens is 1. The Bertz CT molecular complexity index is 1540. The molecule has 0 radical (unpaired) electrons. The maximum absolute atomic E-state index is 14.4. The molecule has 0 unspecified atom stereocenters. The van der Waals surface area contributed by atoms with E-state index in [4.69, 9.17) is 4.98 Å². The number of rotatable bonds is 4. The Kier molecular flexibility index (Phi) is 5.68. The average molecular weight is 497 g/mol. The lowest BCUT2D eigenvalue weighted by Crippen LogP contribution is -2.55. The van der Waals surface area contributed by atoms with E-state index in [1.807, 2.05) is 31.2 Å². The van der Waals surface area contributed by atoms with Gasteiger partial charge in [-0.15, -0.1) is 0 Å². The van der Waals surface area contributed by atoms with Crippen molar-refractivity contribution in [3.8, 4) is 6.07 Å². The summed E-state index contributed by atoms with van der Waals surface area (Å²) >= 11 is 0. The van der Waals surface area contributed by atoms with Gasteiger partial charge in [-0.1, -0.05) is 19.3 Å². The van der Waals surface area contributed by atoms with E-state index in [1.54, 1.807) is 12.4 Å². The van der Waals surface area contributed by atoms with E-state index >= 15 is 0 Å². The zero-order valence-corrected chi connectivity index (χ0v) is 20.3. The average Bonchev–Trinajstić information content (AvgIpc) is 3.38. The van der Waals surface area contributed by atoms with Gasteiger partial charge in [0.25, 0.3) is 5.91 Å². The van der Waals surface area contributed by atoms with Crippen LogP contribution in [0.4, 0.5) is 33.2 Å². The van der Waals surface area contributed by atoms with Gasteiger partial charge in [0.15, 0.2) is 5.82 Å². The Labute approximate surface area is 212 Å². The second kappa shape index (κ2) is 9.17. The van der Waals surface area contributed by atoms with Crippen molar-refractivity contribution in [2.75, 3.05) is 15.1 Å². The number of hydrogen-bond donors (Lipinski definition) is 2. The molecule has 37 heavy (non-hydrogen) atoms. The summed E-state index contributed by atoms with van der Waals surface area (Å²) in [4.78, 5) is 26.7. The number of halogens is 1. The number of nitriles is 1. The lowest BCUT2D eigenvalue weighted by Gasteiger charge is -2.45. The molecule has 2 aromatic heterocycles. The molecular weight excluding hydrogens is 471 g/mol. The number of nitrogens with one attached hydrogen (secondary N) is 2. The van der Waals surface area contributed by atoms with Gasteiger partial charge in [-0.2, -0.15) is 15.3 Å². The first-order valence-electron chi connectivity index (χ1n) is 12.4. The Balaban J connectivity index is 1.45. The van der Waals surface area contributed by atoms with Crippen LogP contribution in [0.15, 0.2) is 48.8 Å². The van der Waals surface area contributed by atoms with Crippen LogP contribution in [0.3, 0.4) is 0 Å². The molecule has 186 valence electrons. The van der Waals surface area contributed by atoms with Gasteiger partial charge in [-0.3, -0.25) is 14.8 Å². The van der Waals surface area contributed by atoms with Gasteiger partial charge >= 0.3 is 0 Å². The Morgan fingerprint density at radius 3 is 2.78 bits per heavy atom. The fourth-order valence-electron chi connectivity index (χ4n) is 5.41. The first-order chi connectivity index (χ1) is 18.0. The van der Waals surface area contributed by atoms with Gasteiger partial charge in [0.05, 0.1) is 35.2 Å². The summed E-state index contributed by atoms with van der Waals surface area (Å²) in [5.74, 6) is 0.214. The smallest absolute Gasteiger partial charge is 0.254 e. The molecule has 3 heterocycles. The van der Waals surface area contributed by atoms with Crippen LogP contribution < -0.4 is 15.1 Å². The summed E-state index contributed by atoms with van der Waals surface area (Å²) in [7, 11) is 0. The number of amides is 1. The zero-order valence-electron chi connectivity index (χ0n) is 20.3. The molecular formula is C27H25FN8O. The fraction of sp³-hybridized carbons (Fsp3) is 0.296. The van der Waals surface area contributed by atoms with E-state index in [2.05, 4.69) is 25.4 Å². The minimum atomic E-state index is -0.584. The third-order valence-electron chi connectivity index (χ3n) is 7.16. The summed E-state index contributed by atoms with van der Waals surface area (Å²) in [6.07, 6.45) is 8.66. The summed E-state index contributed by atoms with van der Waals surface area (Å²) in [5.41, 5.74) is 2.63. The molecule has 2 aliphatic rings. The SMILES string of the molecule is C[C@@H]1C(=O)N(c2cc(F)cc(C#N)c2)c2cnc(Nc3ccc4[nH]ncc4c3)nc2N1C1CCCCC1. The van der Waals surface area contributed by atoms with Crippen LogP contribution in [0.5, 0.6) is 0 Å². The quantitative estimate of drug-likeness (QED) is 0.393. The zero-order chi connectivity index (χ0) is 25.5. The minimum Gasteiger partial charge on any atom is -0.340 e. The van der Waals surface area contributed by atoms with Crippen molar-refractivity contribution in [1.29, 1.82) is 5.26 Å². The van der Waals surface area contributed by atoms with E-state index in [9.17, 15) is 14.4 Å². The monoisotopic (exact) mass is 496 g/mol. The van der Waals surface area contributed by atoms with E-state index in [0.717, 1.165) is 48.3 Å². The molecule has 1 atom stereocenters. The predicted molar refractivity (Wildman–Crippen MR) is 138 cm³/mol. The van der Waals surface area contributed by atoms with E-state index < -0.39 is 11.9 Å². The molecule has 10 heteroatoms. The van der Waals surface area contributed by atoms with Crippen LogP contribution in [0.2, 0.25) is 0 Å². The van der Waals surface area contributed by atoms with Crippen molar-refractivity contribution in [1.82, 2.24) is 20.2 Å². The van der Waals surface area contributed by atoms with Crippen molar-refractivity contribution < 1.29 is 9.18 Å². The highest BCUT2D eigenvalue weighted by Crippen LogP contribution is 2.43. The molecule has 0 bridgehead atoms. The van der Waals surface area contributed by atoms with Gasteiger partial charge in [0, 0.05) is 17.1 Å². The lowest BCUT2D eigenvalue weighted by molar-refractivity contribution is -0.119. The van der Waals surface area contributed by atoms with Crippen LogP contribution in [-0.4, -0.2) is 38.2 Å². The van der Waals surface area contributed by atoms with Crippen molar-refractivity contribution in [2.24, 2.45) is 0 Å². The van der Waals surface area contributed by atoms with Crippen LogP contribution in [-0.2, 0) is 4.79 Å². The molecule has 1 fully saturated rings. The molecule has 1 amide bonds. The third-order valence-corrected chi connectivity index (χ3v) is 7.16. The van der Waals surface area contributed by atoms with Gasteiger partial charge in [-0.05, 0) is 56.2 Å². The normalized spacial score (nSPS) is 18.1. The standard InChI is InChI=1S/C27H25FN8O/c1-16-26(37)36(22-10-17(13-29)9-19(28)12-22)24-15-30-27(32-20-7-8-23-18(11-20)14-31-34-23)33-25(24)35(16)21-5-3-2-4-6-21/h7-12,14-16,21H,2-6H2,1H3,(H,31,34)(H,30,32,33)/t16-/m1/s1. The first-order valence-corrected chi connectivity index (χ1v) is 12.4. The molecule has 9 nitrogen and oxygen atoms in total. The van der Waals surface area contributed by atoms with Crippen molar-refractivity contribution in [3.63, 3.8) is 0 Å². The molecule has 1 aliphatic carbocycles. The maximum atomic E-state index is 14.4. The number of aromatic nitrogens is 4. The number of carbonyl (C=O) groups is 1. The number of aromatic amines is 1.